The van der Waals surface area contributed by atoms with E-state index >= 15 is 0 Å². The summed E-state index contributed by atoms with van der Waals surface area (Å²) in [5.41, 5.74) is 0. The first kappa shape index (κ1) is 66.4. The van der Waals surface area contributed by atoms with Crippen molar-refractivity contribution < 1.29 is 23.8 Å². The van der Waals surface area contributed by atoms with Crippen molar-refractivity contribution in [2.45, 2.75) is 348 Å². The van der Waals surface area contributed by atoms with Gasteiger partial charge < -0.3 is 14.2 Å². The standard InChI is InChI=1S/C63H120O5/c1-4-7-10-13-16-19-22-25-28-31-32-34-35-38-41-44-47-50-53-56-62(64)67-60-61(59-66-58-55-52-49-46-43-40-37-30-27-24-21-18-15-12-9-6-3)68-63(65)57-54-51-48-45-42-39-36-33-29-26-23-20-17-14-11-8-5-2/h17,20,26,29,61H,4-16,18-19,21-25,27-28,30-60H2,1-3H3/b20-17-,29-26-. The van der Waals surface area contributed by atoms with Crippen molar-refractivity contribution in [3.05, 3.63) is 24.3 Å². The number of hydrogen-bond donors (Lipinski definition) is 0. The van der Waals surface area contributed by atoms with Crippen LogP contribution in [0, 0.1) is 0 Å². The lowest BCUT2D eigenvalue weighted by atomic mass is 10.0. The SMILES string of the molecule is CCCCC/C=C\C/C=C\CCCCCCCCCC(=O)OC(COCCCCCCCCCCCCCCCCCC)COC(=O)CCCCCCCCCCCCCCCCCCCCC. The third-order valence-electron chi connectivity index (χ3n) is 14.0. The molecular formula is C63H120O5. The van der Waals surface area contributed by atoms with Crippen molar-refractivity contribution >= 4 is 11.9 Å². The number of allylic oxidation sites excluding steroid dienone is 4. The normalized spacial score (nSPS) is 12.2. The molecule has 0 aromatic heterocycles. The van der Waals surface area contributed by atoms with Crippen LogP contribution in [0.3, 0.4) is 0 Å². The van der Waals surface area contributed by atoms with Crippen molar-refractivity contribution in [2.24, 2.45) is 0 Å². The van der Waals surface area contributed by atoms with E-state index in [0.717, 1.165) is 44.9 Å². The molecule has 0 aliphatic rings. The Kier molecular flexibility index (Phi) is 58.3. The van der Waals surface area contributed by atoms with Crippen molar-refractivity contribution in [3.63, 3.8) is 0 Å². The van der Waals surface area contributed by atoms with Gasteiger partial charge in [-0.3, -0.25) is 9.59 Å². The maximum absolute atomic E-state index is 12.9. The number of hydrogen-bond acceptors (Lipinski definition) is 5. The van der Waals surface area contributed by atoms with E-state index in [4.69, 9.17) is 14.2 Å². The van der Waals surface area contributed by atoms with Crippen LogP contribution in [0.1, 0.15) is 342 Å². The Morgan fingerprint density at radius 3 is 1.00 bits per heavy atom. The molecule has 0 aromatic rings. The third-order valence-corrected chi connectivity index (χ3v) is 14.0. The van der Waals surface area contributed by atoms with Gasteiger partial charge in [-0.1, -0.05) is 302 Å². The molecule has 0 radical (unpaired) electrons. The monoisotopic (exact) mass is 957 g/mol. The summed E-state index contributed by atoms with van der Waals surface area (Å²) < 4.78 is 17.5. The van der Waals surface area contributed by atoms with Crippen molar-refractivity contribution in [1.29, 1.82) is 0 Å². The average molecular weight is 958 g/mol. The Hall–Kier alpha value is -1.62. The second-order valence-electron chi connectivity index (χ2n) is 21.0. The number of ether oxygens (including phenoxy) is 3. The van der Waals surface area contributed by atoms with E-state index in [1.54, 1.807) is 0 Å². The quantitative estimate of drug-likeness (QED) is 0.0345. The fourth-order valence-electron chi connectivity index (χ4n) is 9.37. The molecule has 0 spiro atoms. The van der Waals surface area contributed by atoms with E-state index in [0.29, 0.717) is 26.1 Å². The molecule has 0 aliphatic heterocycles. The van der Waals surface area contributed by atoms with Gasteiger partial charge in [0.1, 0.15) is 6.61 Å². The van der Waals surface area contributed by atoms with E-state index in [9.17, 15) is 9.59 Å². The van der Waals surface area contributed by atoms with E-state index < -0.39 is 6.10 Å². The topological polar surface area (TPSA) is 61.8 Å². The number of esters is 2. The maximum atomic E-state index is 12.9. The fourth-order valence-corrected chi connectivity index (χ4v) is 9.37. The molecule has 402 valence electrons. The van der Waals surface area contributed by atoms with Crippen molar-refractivity contribution in [1.82, 2.24) is 0 Å². The first-order valence-electron chi connectivity index (χ1n) is 30.9. The van der Waals surface area contributed by atoms with Gasteiger partial charge in [0.15, 0.2) is 6.10 Å². The summed E-state index contributed by atoms with van der Waals surface area (Å²) in [5, 5.41) is 0. The molecule has 0 bridgehead atoms. The largest absolute Gasteiger partial charge is 0.462 e. The Morgan fingerprint density at radius 2 is 0.618 bits per heavy atom. The molecular weight excluding hydrogens is 837 g/mol. The Labute approximate surface area is 426 Å². The van der Waals surface area contributed by atoms with E-state index in [-0.39, 0.29) is 18.5 Å². The van der Waals surface area contributed by atoms with Crippen LogP contribution in [0.2, 0.25) is 0 Å². The van der Waals surface area contributed by atoms with Gasteiger partial charge in [-0.15, -0.1) is 0 Å². The van der Waals surface area contributed by atoms with Crippen molar-refractivity contribution in [2.75, 3.05) is 19.8 Å². The molecule has 68 heavy (non-hydrogen) atoms. The van der Waals surface area contributed by atoms with Gasteiger partial charge in [0.2, 0.25) is 0 Å². The summed E-state index contributed by atoms with van der Waals surface area (Å²) in [5.74, 6) is -0.379. The molecule has 0 heterocycles. The Bertz CT molecular complexity index is 1040. The van der Waals surface area contributed by atoms with Crippen LogP contribution in [0.25, 0.3) is 0 Å². The van der Waals surface area contributed by atoms with E-state index in [1.165, 1.54) is 263 Å². The van der Waals surface area contributed by atoms with Crippen LogP contribution in [0.4, 0.5) is 0 Å². The smallest absolute Gasteiger partial charge is 0.306 e. The minimum Gasteiger partial charge on any atom is -0.462 e. The number of rotatable bonds is 58. The summed E-state index contributed by atoms with van der Waals surface area (Å²) in [6.45, 7) is 7.88. The lowest BCUT2D eigenvalue weighted by Gasteiger charge is -2.18. The molecule has 0 fully saturated rings. The molecule has 1 atom stereocenters. The van der Waals surface area contributed by atoms with E-state index in [1.807, 2.05) is 0 Å². The van der Waals surface area contributed by atoms with Gasteiger partial charge in [-0.25, -0.2) is 0 Å². The van der Waals surface area contributed by atoms with Gasteiger partial charge in [0, 0.05) is 19.4 Å². The predicted molar refractivity (Wildman–Crippen MR) is 298 cm³/mol. The molecule has 0 saturated heterocycles. The summed E-state index contributed by atoms with van der Waals surface area (Å²) in [6.07, 6.45) is 72.1. The number of carbonyl (C=O) groups excluding carboxylic acids is 2. The zero-order valence-electron chi connectivity index (χ0n) is 46.4. The molecule has 0 aliphatic carbocycles. The molecule has 0 amide bonds. The highest BCUT2D eigenvalue weighted by atomic mass is 16.6. The second kappa shape index (κ2) is 59.7. The Morgan fingerprint density at radius 1 is 0.324 bits per heavy atom. The zero-order valence-corrected chi connectivity index (χ0v) is 46.4. The lowest BCUT2D eigenvalue weighted by Crippen LogP contribution is -2.30. The minimum atomic E-state index is -0.534. The molecule has 1 unspecified atom stereocenters. The summed E-state index contributed by atoms with van der Waals surface area (Å²) in [7, 11) is 0. The number of unbranched alkanes of at least 4 members (excludes halogenated alkanes) is 43. The maximum Gasteiger partial charge on any atom is 0.306 e. The summed E-state index contributed by atoms with van der Waals surface area (Å²) in [6, 6.07) is 0. The van der Waals surface area contributed by atoms with Crippen LogP contribution in [-0.2, 0) is 23.8 Å². The third kappa shape index (κ3) is 57.0. The molecule has 5 heteroatoms. The molecule has 0 saturated carbocycles. The predicted octanol–water partition coefficient (Wildman–Crippen LogP) is 21.1. The van der Waals surface area contributed by atoms with Gasteiger partial charge in [-0.2, -0.15) is 0 Å². The van der Waals surface area contributed by atoms with Crippen LogP contribution in [-0.4, -0.2) is 37.9 Å². The molecule has 0 aromatic carbocycles. The molecule has 0 N–H and O–H groups in total. The van der Waals surface area contributed by atoms with Crippen LogP contribution < -0.4 is 0 Å². The highest BCUT2D eigenvalue weighted by Crippen LogP contribution is 2.17. The molecule has 5 nitrogen and oxygen atoms in total. The minimum absolute atomic E-state index is 0.0909. The van der Waals surface area contributed by atoms with Gasteiger partial charge in [-0.05, 0) is 51.4 Å². The van der Waals surface area contributed by atoms with Crippen LogP contribution >= 0.6 is 0 Å². The average Bonchev–Trinajstić information content (AvgIpc) is 3.34. The first-order chi connectivity index (χ1) is 33.6. The molecule has 0 rings (SSSR count). The second-order valence-corrected chi connectivity index (χ2v) is 21.0. The fraction of sp³-hybridized carbons (Fsp3) is 0.905. The number of carbonyl (C=O) groups is 2. The van der Waals surface area contributed by atoms with Gasteiger partial charge in [0.05, 0.1) is 6.61 Å². The first-order valence-corrected chi connectivity index (χ1v) is 30.9. The van der Waals surface area contributed by atoms with Crippen LogP contribution in [0.5, 0.6) is 0 Å². The van der Waals surface area contributed by atoms with Crippen LogP contribution in [0.15, 0.2) is 24.3 Å². The summed E-state index contributed by atoms with van der Waals surface area (Å²) >= 11 is 0. The Balaban J connectivity index is 4.21. The lowest BCUT2D eigenvalue weighted by molar-refractivity contribution is -0.163. The highest BCUT2D eigenvalue weighted by Gasteiger charge is 2.18. The highest BCUT2D eigenvalue weighted by molar-refractivity contribution is 5.70. The van der Waals surface area contributed by atoms with Gasteiger partial charge >= 0.3 is 11.9 Å². The zero-order chi connectivity index (χ0) is 49.2. The summed E-state index contributed by atoms with van der Waals surface area (Å²) in [4.78, 5) is 25.6. The van der Waals surface area contributed by atoms with Crippen molar-refractivity contribution in [3.8, 4) is 0 Å². The van der Waals surface area contributed by atoms with Gasteiger partial charge in [0.25, 0.3) is 0 Å². The van der Waals surface area contributed by atoms with E-state index in [2.05, 4.69) is 45.1 Å².